The number of ether oxygens (including phenoxy) is 1. The molecule has 0 spiro atoms. The molecule has 2 heterocycles. The van der Waals surface area contributed by atoms with E-state index in [9.17, 15) is 14.4 Å². The number of anilines is 1. The third kappa shape index (κ3) is 3.65. The standard InChI is InChI=1S/C18H19N3O4S/c1-3-11-8-16(23)21-12(10-26-18(21)19-11)9-15(22)20-14-7-5-4-6-13(14)17(24)25-2/h4-8,12H,3,9-10H2,1-2H3,(H,20,22). The van der Waals surface area contributed by atoms with Crippen LogP contribution in [0.25, 0.3) is 0 Å². The molecule has 1 unspecified atom stereocenters. The molecule has 1 aromatic heterocycles. The molecule has 3 rings (SSSR count). The summed E-state index contributed by atoms with van der Waals surface area (Å²) in [6.07, 6.45) is 0.821. The van der Waals surface area contributed by atoms with Gasteiger partial charge in [-0.15, -0.1) is 0 Å². The van der Waals surface area contributed by atoms with E-state index < -0.39 is 5.97 Å². The number of carbonyl (C=O) groups excluding carboxylic acids is 2. The highest BCUT2D eigenvalue weighted by atomic mass is 32.2. The van der Waals surface area contributed by atoms with Crippen molar-refractivity contribution in [2.75, 3.05) is 18.2 Å². The summed E-state index contributed by atoms with van der Waals surface area (Å²) in [5.41, 5.74) is 1.30. The lowest BCUT2D eigenvalue weighted by Gasteiger charge is -2.14. The minimum absolute atomic E-state index is 0.128. The summed E-state index contributed by atoms with van der Waals surface area (Å²) in [7, 11) is 1.29. The van der Waals surface area contributed by atoms with E-state index >= 15 is 0 Å². The largest absolute Gasteiger partial charge is 0.465 e. The first kappa shape index (κ1) is 18.2. The quantitative estimate of drug-likeness (QED) is 0.639. The van der Waals surface area contributed by atoms with Crippen LogP contribution in [0.4, 0.5) is 5.69 Å². The number of nitrogens with one attached hydrogen (secondary N) is 1. The number of methoxy groups -OCH3 is 1. The second kappa shape index (κ2) is 7.74. The maximum atomic E-state index is 12.5. The van der Waals surface area contributed by atoms with Crippen molar-refractivity contribution in [3.05, 3.63) is 51.9 Å². The lowest BCUT2D eigenvalue weighted by atomic mass is 10.1. The van der Waals surface area contributed by atoms with Crippen LogP contribution >= 0.6 is 11.8 Å². The number of hydrogen-bond donors (Lipinski definition) is 1. The van der Waals surface area contributed by atoms with Crippen LogP contribution in [-0.2, 0) is 16.0 Å². The number of aryl methyl sites for hydroxylation is 1. The van der Waals surface area contributed by atoms with Crippen molar-refractivity contribution in [3.63, 3.8) is 0 Å². The van der Waals surface area contributed by atoms with Crippen LogP contribution in [0.3, 0.4) is 0 Å². The molecule has 0 saturated carbocycles. The van der Waals surface area contributed by atoms with Crippen molar-refractivity contribution in [1.29, 1.82) is 0 Å². The summed E-state index contributed by atoms with van der Waals surface area (Å²) in [6, 6.07) is 7.91. The number of carbonyl (C=O) groups is 2. The van der Waals surface area contributed by atoms with Gasteiger partial charge < -0.3 is 10.1 Å². The molecule has 1 N–H and O–H groups in total. The average Bonchev–Trinajstić information content (AvgIpc) is 3.04. The van der Waals surface area contributed by atoms with E-state index in [1.807, 2.05) is 6.92 Å². The Bertz CT molecular complexity index is 910. The van der Waals surface area contributed by atoms with Crippen molar-refractivity contribution in [3.8, 4) is 0 Å². The van der Waals surface area contributed by atoms with Gasteiger partial charge in [0.15, 0.2) is 5.16 Å². The van der Waals surface area contributed by atoms with Gasteiger partial charge in [-0.1, -0.05) is 30.8 Å². The van der Waals surface area contributed by atoms with Gasteiger partial charge in [0.05, 0.1) is 24.4 Å². The molecule has 0 fully saturated rings. The van der Waals surface area contributed by atoms with Crippen LogP contribution in [0.1, 0.15) is 35.4 Å². The molecular formula is C18H19N3O4S. The van der Waals surface area contributed by atoms with E-state index in [0.717, 1.165) is 5.69 Å². The Balaban J connectivity index is 1.76. The Morgan fingerprint density at radius 3 is 2.88 bits per heavy atom. The van der Waals surface area contributed by atoms with Gasteiger partial charge in [-0.05, 0) is 18.6 Å². The fourth-order valence-electron chi connectivity index (χ4n) is 2.83. The third-order valence-electron chi connectivity index (χ3n) is 4.13. The molecule has 1 aromatic carbocycles. The van der Waals surface area contributed by atoms with Gasteiger partial charge in [0.1, 0.15) is 0 Å². The first-order valence-electron chi connectivity index (χ1n) is 8.26. The third-order valence-corrected chi connectivity index (χ3v) is 5.23. The SMILES string of the molecule is CCc1cc(=O)n2c(n1)SCC2CC(=O)Nc1ccccc1C(=O)OC. The van der Waals surface area contributed by atoms with Crippen molar-refractivity contribution in [2.45, 2.75) is 31.0 Å². The van der Waals surface area contributed by atoms with Gasteiger partial charge in [-0.25, -0.2) is 9.78 Å². The number of benzene rings is 1. The number of amides is 1. The number of aromatic nitrogens is 2. The fraction of sp³-hybridized carbons (Fsp3) is 0.333. The number of fused-ring (bicyclic) bond motifs is 1. The predicted octanol–water partition coefficient (Wildman–Crippen LogP) is 2.27. The van der Waals surface area contributed by atoms with E-state index in [-0.39, 0.29) is 29.5 Å². The van der Waals surface area contributed by atoms with E-state index in [1.165, 1.54) is 24.9 Å². The van der Waals surface area contributed by atoms with Crippen molar-refractivity contribution >= 4 is 29.3 Å². The molecule has 0 bridgehead atoms. The summed E-state index contributed by atoms with van der Waals surface area (Å²) < 4.78 is 6.31. The number of hydrogen-bond acceptors (Lipinski definition) is 6. The van der Waals surface area contributed by atoms with Crippen molar-refractivity contribution < 1.29 is 14.3 Å². The summed E-state index contributed by atoms with van der Waals surface area (Å²) in [6.45, 7) is 1.95. The number of para-hydroxylation sites is 1. The zero-order valence-electron chi connectivity index (χ0n) is 14.5. The number of rotatable bonds is 5. The summed E-state index contributed by atoms with van der Waals surface area (Å²) in [4.78, 5) is 41.1. The van der Waals surface area contributed by atoms with Crippen LogP contribution in [0.15, 0.2) is 40.3 Å². The van der Waals surface area contributed by atoms with Gasteiger partial charge in [-0.2, -0.15) is 0 Å². The van der Waals surface area contributed by atoms with E-state index in [0.29, 0.717) is 23.0 Å². The molecule has 0 aliphatic carbocycles. The number of nitrogens with zero attached hydrogens (tertiary/aromatic N) is 2. The zero-order valence-corrected chi connectivity index (χ0v) is 15.3. The molecule has 2 aromatic rings. The average molecular weight is 373 g/mol. The molecule has 1 amide bonds. The maximum Gasteiger partial charge on any atom is 0.339 e. The monoisotopic (exact) mass is 373 g/mol. The van der Waals surface area contributed by atoms with Crippen molar-refractivity contribution in [1.82, 2.24) is 9.55 Å². The summed E-state index contributed by atoms with van der Waals surface area (Å²) in [5, 5.41) is 3.40. The Hall–Kier alpha value is -2.61. The molecule has 1 aliphatic rings. The van der Waals surface area contributed by atoms with Crippen LogP contribution in [0, 0.1) is 0 Å². The van der Waals surface area contributed by atoms with E-state index in [1.54, 1.807) is 28.8 Å². The van der Waals surface area contributed by atoms with Crippen LogP contribution in [0.2, 0.25) is 0 Å². The predicted molar refractivity (Wildman–Crippen MR) is 98.7 cm³/mol. The second-order valence-corrected chi connectivity index (χ2v) is 6.83. The smallest absolute Gasteiger partial charge is 0.339 e. The Morgan fingerprint density at radius 1 is 1.38 bits per heavy atom. The minimum atomic E-state index is -0.518. The van der Waals surface area contributed by atoms with Crippen molar-refractivity contribution in [2.24, 2.45) is 0 Å². The highest BCUT2D eigenvalue weighted by molar-refractivity contribution is 7.99. The first-order chi connectivity index (χ1) is 12.5. The molecule has 7 nitrogen and oxygen atoms in total. The Kier molecular flexibility index (Phi) is 5.41. The lowest BCUT2D eigenvalue weighted by Crippen LogP contribution is -2.28. The van der Waals surface area contributed by atoms with Crippen LogP contribution in [-0.4, -0.2) is 34.3 Å². The molecule has 136 valence electrons. The molecular weight excluding hydrogens is 354 g/mol. The van der Waals surface area contributed by atoms with Crippen LogP contribution in [0.5, 0.6) is 0 Å². The van der Waals surface area contributed by atoms with E-state index in [4.69, 9.17) is 4.74 Å². The number of thioether (sulfide) groups is 1. The molecule has 26 heavy (non-hydrogen) atoms. The fourth-order valence-corrected chi connectivity index (χ4v) is 3.99. The summed E-state index contributed by atoms with van der Waals surface area (Å²) in [5.74, 6) is -0.178. The zero-order chi connectivity index (χ0) is 18.7. The molecule has 0 saturated heterocycles. The number of esters is 1. The molecule has 8 heteroatoms. The highest BCUT2D eigenvalue weighted by Crippen LogP contribution is 2.32. The van der Waals surface area contributed by atoms with Gasteiger partial charge in [-0.3, -0.25) is 14.2 Å². The Morgan fingerprint density at radius 2 is 2.15 bits per heavy atom. The first-order valence-corrected chi connectivity index (χ1v) is 9.24. The maximum absolute atomic E-state index is 12.5. The second-order valence-electron chi connectivity index (χ2n) is 5.85. The topological polar surface area (TPSA) is 90.3 Å². The Labute approximate surface area is 154 Å². The minimum Gasteiger partial charge on any atom is -0.465 e. The van der Waals surface area contributed by atoms with Gasteiger partial charge in [0.2, 0.25) is 5.91 Å². The van der Waals surface area contributed by atoms with Crippen LogP contribution < -0.4 is 10.9 Å². The highest BCUT2D eigenvalue weighted by Gasteiger charge is 2.28. The lowest BCUT2D eigenvalue weighted by molar-refractivity contribution is -0.116. The van der Waals surface area contributed by atoms with Gasteiger partial charge in [0.25, 0.3) is 5.56 Å². The van der Waals surface area contributed by atoms with Gasteiger partial charge >= 0.3 is 5.97 Å². The molecule has 1 atom stereocenters. The molecule has 0 radical (unpaired) electrons. The summed E-state index contributed by atoms with van der Waals surface area (Å²) >= 11 is 1.48. The van der Waals surface area contributed by atoms with Gasteiger partial charge in [0, 0.05) is 23.9 Å². The normalized spacial score (nSPS) is 15.4. The molecule has 1 aliphatic heterocycles. The van der Waals surface area contributed by atoms with E-state index in [2.05, 4.69) is 10.3 Å².